The number of halogens is 4. The molecule has 6 nitrogen and oxygen atoms in total. The van der Waals surface area contributed by atoms with Gasteiger partial charge < -0.3 is 20.6 Å². The first kappa shape index (κ1) is 25.4. The molecule has 0 aliphatic rings. The van der Waals surface area contributed by atoms with Crippen LogP contribution < -0.4 is 10.6 Å². The lowest BCUT2D eigenvalue weighted by Gasteiger charge is -2.18. The van der Waals surface area contributed by atoms with E-state index in [1.165, 1.54) is 11.3 Å². The molecule has 1 aromatic carbocycles. The predicted octanol–water partition coefficient (Wildman–Crippen LogP) is 3.13. The van der Waals surface area contributed by atoms with Crippen LogP contribution in [0.25, 0.3) is 10.1 Å². The fourth-order valence-electron chi connectivity index (χ4n) is 2.43. The van der Waals surface area contributed by atoms with Gasteiger partial charge in [-0.2, -0.15) is 13.2 Å². The van der Waals surface area contributed by atoms with Crippen molar-refractivity contribution < 1.29 is 23.1 Å². The Kier molecular flexibility index (Phi) is 10.1. The zero-order valence-electron chi connectivity index (χ0n) is 16.0. The molecular formula is C18H24F3IN4O2S. The fourth-order valence-corrected chi connectivity index (χ4v) is 3.48. The Morgan fingerprint density at radius 1 is 1.31 bits per heavy atom. The maximum atomic E-state index is 12.4. The Balaban J connectivity index is 0.00000420. The summed E-state index contributed by atoms with van der Waals surface area (Å²) in [7, 11) is 1.08. The minimum atomic E-state index is -4.45. The van der Waals surface area contributed by atoms with Gasteiger partial charge in [-0.3, -0.25) is 4.79 Å². The lowest BCUT2D eigenvalue weighted by Crippen LogP contribution is -2.41. The Labute approximate surface area is 188 Å². The minimum absolute atomic E-state index is 0. The standard InChI is InChI=1S/C18H23F3N4O2S.HI/c1-3-22-17(24-10-16(27)25(2)11-18(19,20)21)23-9-13(26)15-8-12-6-4-5-7-14(12)28-15;/h4-8,13,26H,3,9-11H2,1-2H3,(H2,22,23,24);1H. The van der Waals surface area contributed by atoms with Gasteiger partial charge in [0.05, 0.1) is 0 Å². The number of nitrogens with one attached hydrogen (secondary N) is 2. The summed E-state index contributed by atoms with van der Waals surface area (Å²) in [5.74, 6) is -0.504. The summed E-state index contributed by atoms with van der Waals surface area (Å²) in [6.45, 7) is 0.705. The number of amides is 1. The highest BCUT2D eigenvalue weighted by molar-refractivity contribution is 14.0. The Hall–Kier alpha value is -1.60. The van der Waals surface area contributed by atoms with Crippen molar-refractivity contribution in [1.82, 2.24) is 15.5 Å². The molecule has 1 amide bonds. The number of hydrogen-bond acceptors (Lipinski definition) is 4. The molecule has 11 heteroatoms. The van der Waals surface area contributed by atoms with Crippen LogP contribution >= 0.6 is 35.3 Å². The van der Waals surface area contributed by atoms with Crippen LogP contribution in [0.1, 0.15) is 17.9 Å². The van der Waals surface area contributed by atoms with Crippen molar-refractivity contribution in [3.8, 4) is 0 Å². The summed E-state index contributed by atoms with van der Waals surface area (Å²) >= 11 is 1.48. The number of carbonyl (C=O) groups is 1. The van der Waals surface area contributed by atoms with Crippen LogP contribution in [0.2, 0.25) is 0 Å². The summed E-state index contributed by atoms with van der Waals surface area (Å²) in [6, 6.07) is 9.69. The van der Waals surface area contributed by atoms with Crippen molar-refractivity contribution in [2.75, 3.05) is 33.2 Å². The number of alkyl halides is 3. The number of thiophene rings is 1. The van der Waals surface area contributed by atoms with Crippen LogP contribution in [0.3, 0.4) is 0 Å². The first-order valence-corrected chi connectivity index (χ1v) is 9.50. The second-order valence-electron chi connectivity index (χ2n) is 6.14. The molecule has 162 valence electrons. The van der Waals surface area contributed by atoms with Gasteiger partial charge in [0.2, 0.25) is 5.91 Å². The predicted molar refractivity (Wildman–Crippen MR) is 120 cm³/mol. The van der Waals surface area contributed by atoms with Gasteiger partial charge in [0, 0.05) is 29.7 Å². The topological polar surface area (TPSA) is 77.0 Å². The number of guanidine groups is 1. The number of aliphatic imine (C=N–C) groups is 1. The SMILES string of the molecule is CCNC(=NCC(=O)N(C)CC(F)(F)F)NCC(O)c1cc2ccccc2s1.I. The Morgan fingerprint density at radius 2 is 2.00 bits per heavy atom. The molecule has 0 radical (unpaired) electrons. The molecule has 0 saturated carbocycles. The van der Waals surface area contributed by atoms with E-state index in [1.807, 2.05) is 37.3 Å². The second-order valence-corrected chi connectivity index (χ2v) is 7.26. The van der Waals surface area contributed by atoms with Crippen LogP contribution in [0.5, 0.6) is 0 Å². The lowest BCUT2D eigenvalue weighted by molar-refractivity contribution is -0.157. The molecular weight excluding hydrogens is 520 g/mol. The van der Waals surface area contributed by atoms with Crippen molar-refractivity contribution in [2.24, 2.45) is 4.99 Å². The van der Waals surface area contributed by atoms with E-state index in [-0.39, 0.29) is 36.5 Å². The van der Waals surface area contributed by atoms with Gasteiger partial charge >= 0.3 is 6.18 Å². The second kappa shape index (κ2) is 11.6. The molecule has 29 heavy (non-hydrogen) atoms. The highest BCUT2D eigenvalue weighted by Gasteiger charge is 2.31. The number of carbonyl (C=O) groups excluding carboxylic acids is 1. The van der Waals surface area contributed by atoms with Gasteiger partial charge in [-0.05, 0) is 24.4 Å². The number of hydrogen-bond donors (Lipinski definition) is 3. The van der Waals surface area contributed by atoms with E-state index in [0.29, 0.717) is 11.4 Å². The van der Waals surface area contributed by atoms with E-state index < -0.39 is 31.3 Å². The quantitative estimate of drug-likeness (QED) is 0.285. The highest BCUT2D eigenvalue weighted by Crippen LogP contribution is 2.29. The summed E-state index contributed by atoms with van der Waals surface area (Å²) in [5.41, 5.74) is 0. The molecule has 1 atom stereocenters. The van der Waals surface area contributed by atoms with Crippen molar-refractivity contribution >= 4 is 57.3 Å². The number of likely N-dealkylation sites (N-methyl/N-ethyl adjacent to an activating group) is 1. The average Bonchev–Trinajstić information content (AvgIpc) is 3.06. The molecule has 2 aromatic rings. The first-order valence-electron chi connectivity index (χ1n) is 8.69. The number of benzene rings is 1. The molecule has 1 aromatic heterocycles. The van der Waals surface area contributed by atoms with Gasteiger partial charge in [-0.15, -0.1) is 35.3 Å². The third-order valence-electron chi connectivity index (χ3n) is 3.79. The van der Waals surface area contributed by atoms with Gasteiger partial charge in [-0.25, -0.2) is 4.99 Å². The van der Waals surface area contributed by atoms with Gasteiger partial charge in [0.25, 0.3) is 0 Å². The largest absolute Gasteiger partial charge is 0.406 e. The lowest BCUT2D eigenvalue weighted by atomic mass is 10.2. The molecule has 0 aliphatic carbocycles. The van der Waals surface area contributed by atoms with Crippen molar-refractivity contribution in [1.29, 1.82) is 0 Å². The molecule has 0 aliphatic heterocycles. The van der Waals surface area contributed by atoms with Crippen molar-refractivity contribution in [3.63, 3.8) is 0 Å². The summed E-state index contributed by atoms with van der Waals surface area (Å²) in [5, 5.41) is 17.2. The number of aliphatic hydroxyl groups excluding tert-OH is 1. The molecule has 2 rings (SSSR count). The zero-order valence-corrected chi connectivity index (χ0v) is 19.1. The Morgan fingerprint density at radius 3 is 2.62 bits per heavy atom. The van der Waals surface area contributed by atoms with E-state index in [1.54, 1.807) is 0 Å². The van der Waals surface area contributed by atoms with E-state index >= 15 is 0 Å². The fraction of sp³-hybridized carbons (Fsp3) is 0.444. The van der Waals surface area contributed by atoms with Crippen molar-refractivity contribution in [2.45, 2.75) is 19.2 Å². The van der Waals surface area contributed by atoms with Crippen molar-refractivity contribution in [3.05, 3.63) is 35.2 Å². The maximum absolute atomic E-state index is 12.4. The van der Waals surface area contributed by atoms with Crippen LogP contribution in [0, 0.1) is 0 Å². The van der Waals surface area contributed by atoms with E-state index in [4.69, 9.17) is 0 Å². The molecule has 0 fully saturated rings. The van der Waals surface area contributed by atoms with Crippen LogP contribution in [0.15, 0.2) is 35.3 Å². The van der Waals surface area contributed by atoms with E-state index in [9.17, 15) is 23.1 Å². The van der Waals surface area contributed by atoms with Crippen LogP contribution in [-0.2, 0) is 4.79 Å². The molecule has 0 bridgehead atoms. The molecule has 0 spiro atoms. The highest BCUT2D eigenvalue weighted by atomic mass is 127. The monoisotopic (exact) mass is 544 g/mol. The summed E-state index contributed by atoms with van der Waals surface area (Å²) < 4.78 is 38.1. The summed E-state index contributed by atoms with van der Waals surface area (Å²) in [4.78, 5) is 17.2. The molecule has 1 unspecified atom stereocenters. The van der Waals surface area contributed by atoms with Crippen LogP contribution in [-0.4, -0.2) is 61.3 Å². The summed E-state index contributed by atoms with van der Waals surface area (Å²) in [6.07, 6.45) is -5.24. The number of rotatable bonds is 7. The molecule has 1 heterocycles. The number of nitrogens with zero attached hydrogens (tertiary/aromatic N) is 2. The smallest absolute Gasteiger partial charge is 0.386 e. The van der Waals surface area contributed by atoms with Gasteiger partial charge in [-0.1, -0.05) is 18.2 Å². The van der Waals surface area contributed by atoms with Gasteiger partial charge in [0.1, 0.15) is 19.2 Å². The number of fused-ring (bicyclic) bond motifs is 1. The Bertz CT molecular complexity index is 796. The molecule has 3 N–H and O–H groups in total. The van der Waals surface area contributed by atoms with Gasteiger partial charge in [0.15, 0.2) is 5.96 Å². The zero-order chi connectivity index (χ0) is 20.7. The first-order chi connectivity index (χ1) is 13.2. The van der Waals surface area contributed by atoms with E-state index in [0.717, 1.165) is 22.0 Å². The number of aliphatic hydroxyl groups is 1. The third kappa shape index (κ3) is 8.34. The van der Waals surface area contributed by atoms with E-state index in [2.05, 4.69) is 15.6 Å². The molecule has 0 saturated heterocycles. The maximum Gasteiger partial charge on any atom is 0.406 e. The minimum Gasteiger partial charge on any atom is -0.386 e. The third-order valence-corrected chi connectivity index (χ3v) is 5.01. The average molecular weight is 544 g/mol. The van der Waals surface area contributed by atoms with Crippen LogP contribution in [0.4, 0.5) is 13.2 Å². The normalized spacial score (nSPS) is 13.0.